The first-order valence-electron chi connectivity index (χ1n) is 6.53. The number of benzene rings is 2. The molecule has 0 saturated carbocycles. The smallest absolute Gasteiger partial charge is 0.127 e. The lowest BCUT2D eigenvalue weighted by Crippen LogP contribution is -2.24. The zero-order valence-corrected chi connectivity index (χ0v) is 12.0. The molecule has 2 aromatic carbocycles. The maximum absolute atomic E-state index is 13.3. The van der Waals surface area contributed by atoms with Gasteiger partial charge in [-0.25, -0.2) is 4.39 Å². The molecule has 0 radical (unpaired) electrons. The number of halogens is 1. The summed E-state index contributed by atoms with van der Waals surface area (Å²) in [6.45, 7) is 0. The highest BCUT2D eigenvalue weighted by Gasteiger charge is 2.27. The summed E-state index contributed by atoms with van der Waals surface area (Å²) >= 11 is 1.70. The van der Waals surface area contributed by atoms with Crippen molar-refractivity contribution >= 4 is 11.8 Å². The van der Waals surface area contributed by atoms with E-state index in [9.17, 15) is 4.39 Å². The average Bonchev–Trinajstić information content (AvgIpc) is 2.46. The van der Waals surface area contributed by atoms with Gasteiger partial charge in [-0.15, -0.1) is 11.8 Å². The van der Waals surface area contributed by atoms with Gasteiger partial charge >= 0.3 is 0 Å². The zero-order valence-electron chi connectivity index (χ0n) is 11.2. The number of rotatable bonds is 2. The third-order valence-corrected chi connectivity index (χ3v) is 4.34. The van der Waals surface area contributed by atoms with E-state index in [0.29, 0.717) is 12.2 Å². The molecule has 0 fully saturated rings. The summed E-state index contributed by atoms with van der Waals surface area (Å²) in [7, 11) is 0. The number of fused-ring (bicyclic) bond motifs is 1. The van der Waals surface area contributed by atoms with E-state index < -0.39 is 0 Å². The first-order valence-corrected chi connectivity index (χ1v) is 7.75. The maximum atomic E-state index is 13.3. The standard InChI is InChI=1S/C16H16FNOS/c1-20-12-5-2-10(3-6-12)15-9-14(18)13-7-4-11(17)8-16(13)19-15/h2-8,14-15H,9,18H2,1H3/t14-,15?/m0/s1. The van der Waals surface area contributed by atoms with Gasteiger partial charge in [0.15, 0.2) is 0 Å². The molecular formula is C16H16FNOS. The molecule has 2 N–H and O–H groups in total. The Morgan fingerprint density at radius 3 is 2.65 bits per heavy atom. The Kier molecular flexibility index (Phi) is 3.68. The van der Waals surface area contributed by atoms with Crippen LogP contribution in [0.3, 0.4) is 0 Å². The summed E-state index contributed by atoms with van der Waals surface area (Å²) in [5, 5.41) is 0. The molecule has 0 amide bonds. The summed E-state index contributed by atoms with van der Waals surface area (Å²) in [6.07, 6.45) is 2.63. The van der Waals surface area contributed by atoms with Gasteiger partial charge in [-0.05, 0) is 30.0 Å². The van der Waals surface area contributed by atoms with Crippen LogP contribution in [0.5, 0.6) is 5.75 Å². The normalized spacial score (nSPS) is 21.1. The van der Waals surface area contributed by atoms with Crippen molar-refractivity contribution in [2.24, 2.45) is 5.73 Å². The summed E-state index contributed by atoms with van der Waals surface area (Å²) in [5.74, 6) is 0.261. The van der Waals surface area contributed by atoms with Crippen LogP contribution >= 0.6 is 11.8 Å². The lowest BCUT2D eigenvalue weighted by molar-refractivity contribution is 0.160. The van der Waals surface area contributed by atoms with Crippen molar-refractivity contribution in [3.63, 3.8) is 0 Å². The Hall–Kier alpha value is -1.52. The molecule has 20 heavy (non-hydrogen) atoms. The minimum atomic E-state index is -0.297. The number of thioether (sulfide) groups is 1. The van der Waals surface area contributed by atoms with Gasteiger partial charge in [0.25, 0.3) is 0 Å². The summed E-state index contributed by atoms with van der Waals surface area (Å²) in [5.41, 5.74) is 8.13. The molecule has 0 aliphatic carbocycles. The van der Waals surface area contributed by atoms with Gasteiger partial charge in [0, 0.05) is 29.0 Å². The van der Waals surface area contributed by atoms with E-state index in [1.807, 2.05) is 18.4 Å². The van der Waals surface area contributed by atoms with Crippen LogP contribution < -0.4 is 10.5 Å². The van der Waals surface area contributed by atoms with Gasteiger partial charge in [0.05, 0.1) is 0 Å². The van der Waals surface area contributed by atoms with E-state index in [2.05, 4.69) is 12.1 Å². The van der Waals surface area contributed by atoms with Crippen LogP contribution in [-0.4, -0.2) is 6.26 Å². The Bertz CT molecular complexity index is 614. The van der Waals surface area contributed by atoms with Crippen LogP contribution in [0.4, 0.5) is 4.39 Å². The molecule has 1 aliphatic heterocycles. The average molecular weight is 289 g/mol. The minimum Gasteiger partial charge on any atom is -0.485 e. The third-order valence-electron chi connectivity index (χ3n) is 3.60. The van der Waals surface area contributed by atoms with E-state index >= 15 is 0 Å². The fourth-order valence-electron chi connectivity index (χ4n) is 2.50. The maximum Gasteiger partial charge on any atom is 0.127 e. The zero-order chi connectivity index (χ0) is 14.1. The topological polar surface area (TPSA) is 35.2 Å². The quantitative estimate of drug-likeness (QED) is 0.846. The van der Waals surface area contributed by atoms with E-state index in [-0.39, 0.29) is 18.0 Å². The van der Waals surface area contributed by atoms with Crippen molar-refractivity contribution in [3.05, 3.63) is 59.4 Å². The van der Waals surface area contributed by atoms with Crippen molar-refractivity contribution in [1.29, 1.82) is 0 Å². The summed E-state index contributed by atoms with van der Waals surface area (Å²) < 4.78 is 19.2. The predicted molar refractivity (Wildman–Crippen MR) is 79.5 cm³/mol. The molecule has 1 heterocycles. The van der Waals surface area contributed by atoms with Crippen molar-refractivity contribution < 1.29 is 9.13 Å². The first-order chi connectivity index (χ1) is 9.67. The highest BCUT2D eigenvalue weighted by molar-refractivity contribution is 7.98. The second kappa shape index (κ2) is 5.46. The molecule has 0 bridgehead atoms. The van der Waals surface area contributed by atoms with Gasteiger partial charge in [0.2, 0.25) is 0 Å². The molecule has 2 atom stereocenters. The second-order valence-corrected chi connectivity index (χ2v) is 5.78. The largest absolute Gasteiger partial charge is 0.485 e. The van der Waals surface area contributed by atoms with Gasteiger partial charge in [-0.3, -0.25) is 0 Å². The fourth-order valence-corrected chi connectivity index (χ4v) is 2.91. The van der Waals surface area contributed by atoms with Crippen LogP contribution in [0, 0.1) is 5.82 Å². The van der Waals surface area contributed by atoms with Gasteiger partial charge in [0.1, 0.15) is 17.7 Å². The lowest BCUT2D eigenvalue weighted by Gasteiger charge is -2.30. The van der Waals surface area contributed by atoms with Crippen LogP contribution in [0.15, 0.2) is 47.4 Å². The molecule has 2 aromatic rings. The number of hydrogen-bond donors (Lipinski definition) is 1. The van der Waals surface area contributed by atoms with E-state index in [1.54, 1.807) is 17.8 Å². The first kappa shape index (κ1) is 13.5. The van der Waals surface area contributed by atoms with Crippen molar-refractivity contribution in [1.82, 2.24) is 0 Å². The molecule has 0 spiro atoms. The van der Waals surface area contributed by atoms with Crippen molar-refractivity contribution in [3.8, 4) is 5.75 Å². The monoisotopic (exact) mass is 289 g/mol. The summed E-state index contributed by atoms with van der Waals surface area (Å²) in [4.78, 5) is 1.21. The number of ether oxygens (including phenoxy) is 1. The molecular weight excluding hydrogens is 273 g/mol. The lowest BCUT2D eigenvalue weighted by atomic mass is 9.93. The van der Waals surface area contributed by atoms with Gasteiger partial charge in [-0.2, -0.15) is 0 Å². The van der Waals surface area contributed by atoms with Crippen LogP contribution in [0.1, 0.15) is 29.7 Å². The molecule has 3 rings (SSSR count). The van der Waals surface area contributed by atoms with Gasteiger partial charge < -0.3 is 10.5 Å². The molecule has 1 unspecified atom stereocenters. The molecule has 0 aromatic heterocycles. The van der Waals surface area contributed by atoms with E-state index in [4.69, 9.17) is 10.5 Å². The number of nitrogens with two attached hydrogens (primary N) is 1. The van der Waals surface area contributed by atoms with Crippen molar-refractivity contribution in [2.75, 3.05) is 6.26 Å². The Labute approximate surface area is 122 Å². The molecule has 4 heteroatoms. The second-order valence-electron chi connectivity index (χ2n) is 4.90. The van der Waals surface area contributed by atoms with E-state index in [1.165, 1.54) is 17.0 Å². The van der Waals surface area contributed by atoms with Crippen LogP contribution in [-0.2, 0) is 0 Å². The molecule has 104 valence electrons. The van der Waals surface area contributed by atoms with Gasteiger partial charge in [-0.1, -0.05) is 18.2 Å². The van der Waals surface area contributed by atoms with Crippen LogP contribution in [0.2, 0.25) is 0 Å². The highest BCUT2D eigenvalue weighted by Crippen LogP contribution is 2.40. The highest BCUT2D eigenvalue weighted by atomic mass is 32.2. The Morgan fingerprint density at radius 1 is 1.20 bits per heavy atom. The Morgan fingerprint density at radius 2 is 1.95 bits per heavy atom. The van der Waals surface area contributed by atoms with Crippen molar-refractivity contribution in [2.45, 2.75) is 23.5 Å². The summed E-state index contributed by atoms with van der Waals surface area (Å²) in [6, 6.07) is 12.7. The minimum absolute atomic E-state index is 0.116. The molecule has 0 saturated heterocycles. The predicted octanol–water partition coefficient (Wildman–Crippen LogP) is 4.07. The molecule has 2 nitrogen and oxygen atoms in total. The SMILES string of the molecule is CSc1ccc(C2C[C@H](N)c3ccc(F)cc3O2)cc1. The third kappa shape index (κ3) is 2.53. The molecule has 1 aliphatic rings. The van der Waals surface area contributed by atoms with Crippen LogP contribution in [0.25, 0.3) is 0 Å². The van der Waals surface area contributed by atoms with E-state index in [0.717, 1.165) is 11.1 Å². The Balaban J connectivity index is 1.89. The number of hydrogen-bond acceptors (Lipinski definition) is 3. The fraction of sp³-hybridized carbons (Fsp3) is 0.250.